The Labute approximate surface area is 192 Å². The fourth-order valence-corrected chi connectivity index (χ4v) is 4.79. The largest absolute Gasteiger partial charge is 0.384 e. The van der Waals surface area contributed by atoms with Gasteiger partial charge in [-0.15, -0.1) is 0 Å². The molecular weight excluding hydrogens is 396 g/mol. The van der Waals surface area contributed by atoms with Crippen LogP contribution >= 0.6 is 0 Å². The van der Waals surface area contributed by atoms with Crippen molar-refractivity contribution in [1.82, 2.24) is 20.6 Å². The number of para-hydroxylation sites is 1. The second-order valence-electron chi connectivity index (χ2n) is 9.04. The predicted octanol–water partition coefficient (Wildman–Crippen LogP) is 5.02. The van der Waals surface area contributed by atoms with E-state index < -0.39 is 0 Å². The van der Waals surface area contributed by atoms with E-state index in [0.29, 0.717) is 11.8 Å². The Kier molecular flexibility index (Phi) is 7.20. The number of aliphatic imine (C=N–C) groups is 1. The summed E-state index contributed by atoms with van der Waals surface area (Å²) in [7, 11) is 0. The van der Waals surface area contributed by atoms with E-state index in [-0.39, 0.29) is 0 Å². The van der Waals surface area contributed by atoms with Crippen LogP contribution in [-0.4, -0.2) is 41.9 Å². The van der Waals surface area contributed by atoms with Crippen molar-refractivity contribution in [2.45, 2.75) is 52.4 Å². The van der Waals surface area contributed by atoms with Crippen molar-refractivity contribution < 1.29 is 0 Å². The number of allylic oxidation sites excluding steroid dienone is 1. The van der Waals surface area contributed by atoms with Gasteiger partial charge in [-0.3, -0.25) is 0 Å². The topological polar surface area (TPSA) is 65.4 Å². The van der Waals surface area contributed by atoms with E-state index in [9.17, 15) is 0 Å². The lowest BCUT2D eigenvalue weighted by atomic mass is 9.97. The highest BCUT2D eigenvalue weighted by Crippen LogP contribution is 2.45. The summed E-state index contributed by atoms with van der Waals surface area (Å²) in [4.78, 5) is 16.5. The van der Waals surface area contributed by atoms with Gasteiger partial charge in [-0.25, -0.2) is 15.0 Å². The Bertz CT molecular complexity index is 976. The average molecular weight is 433 g/mol. The van der Waals surface area contributed by atoms with E-state index in [4.69, 9.17) is 9.98 Å². The predicted molar refractivity (Wildman–Crippen MR) is 133 cm³/mol. The molecule has 1 saturated heterocycles. The molecule has 1 aromatic heterocycles. The lowest BCUT2D eigenvalue weighted by molar-refractivity contribution is 0.367. The summed E-state index contributed by atoms with van der Waals surface area (Å²) in [6.45, 7) is 14.6. The molecule has 0 spiro atoms. The molecule has 0 radical (unpaired) electrons. The van der Waals surface area contributed by atoms with Crippen molar-refractivity contribution in [1.29, 1.82) is 0 Å². The highest BCUT2D eigenvalue weighted by Gasteiger charge is 2.31. The third-order valence-corrected chi connectivity index (χ3v) is 6.73. The zero-order valence-corrected chi connectivity index (χ0v) is 19.7. The molecule has 1 fully saturated rings. The van der Waals surface area contributed by atoms with E-state index >= 15 is 0 Å². The molecule has 1 atom stereocenters. The highest BCUT2D eigenvalue weighted by atomic mass is 15.2. The number of nitrogens with one attached hydrogen (secondary N) is 2. The first-order valence-corrected chi connectivity index (χ1v) is 12.0. The van der Waals surface area contributed by atoms with Crippen molar-refractivity contribution in [2.75, 3.05) is 31.1 Å². The summed E-state index contributed by atoms with van der Waals surface area (Å²) >= 11 is 0. The van der Waals surface area contributed by atoms with Gasteiger partial charge in [-0.2, -0.15) is 0 Å². The van der Waals surface area contributed by atoms with Crippen LogP contribution in [-0.2, 0) is 0 Å². The van der Waals surface area contributed by atoms with Gasteiger partial charge in [0.05, 0.1) is 11.4 Å². The molecule has 0 bridgehead atoms. The van der Waals surface area contributed by atoms with E-state index in [1.165, 1.54) is 36.9 Å². The van der Waals surface area contributed by atoms with Crippen LogP contribution in [0.15, 0.2) is 47.9 Å². The Morgan fingerprint density at radius 1 is 1.25 bits per heavy atom. The van der Waals surface area contributed by atoms with Gasteiger partial charge in [0.1, 0.15) is 12.0 Å². The van der Waals surface area contributed by atoms with Crippen LogP contribution in [0, 0.1) is 12.8 Å². The molecule has 0 saturated carbocycles. The Morgan fingerprint density at radius 3 is 2.81 bits per heavy atom. The summed E-state index contributed by atoms with van der Waals surface area (Å²) < 4.78 is 0. The molecule has 0 amide bonds. The zero-order valence-electron chi connectivity index (χ0n) is 19.7. The normalized spacial score (nSPS) is 19.2. The summed E-state index contributed by atoms with van der Waals surface area (Å²) in [5, 5.41) is 6.94. The van der Waals surface area contributed by atoms with E-state index in [2.05, 4.69) is 58.3 Å². The molecule has 0 aliphatic carbocycles. The van der Waals surface area contributed by atoms with Crippen molar-refractivity contribution >= 4 is 22.9 Å². The molecule has 1 aromatic carbocycles. The molecule has 2 aromatic rings. The van der Waals surface area contributed by atoms with E-state index in [1.807, 2.05) is 13.8 Å². The average Bonchev–Trinajstić information content (AvgIpc) is 3.18. The summed E-state index contributed by atoms with van der Waals surface area (Å²) in [5.74, 6) is 2.09. The van der Waals surface area contributed by atoms with Gasteiger partial charge in [-0.1, -0.05) is 38.1 Å². The lowest BCUT2D eigenvalue weighted by Crippen LogP contribution is -2.34. The number of hydrogen-bond acceptors (Lipinski definition) is 6. The molecule has 2 aliphatic rings. The number of piperidine rings is 1. The van der Waals surface area contributed by atoms with Crippen LogP contribution in [0.5, 0.6) is 0 Å². The first kappa shape index (κ1) is 22.5. The smallest absolute Gasteiger partial charge is 0.162 e. The van der Waals surface area contributed by atoms with Crippen LogP contribution in [0.1, 0.15) is 56.7 Å². The second kappa shape index (κ2) is 10.3. The van der Waals surface area contributed by atoms with Crippen LogP contribution < -0.4 is 15.5 Å². The van der Waals surface area contributed by atoms with E-state index in [1.54, 1.807) is 6.33 Å². The number of aromatic nitrogens is 2. The highest BCUT2D eigenvalue weighted by molar-refractivity contribution is 5.99. The minimum absolute atomic E-state index is 0.519. The number of aryl methyl sites for hydroxylation is 1. The molecule has 170 valence electrons. The second-order valence-corrected chi connectivity index (χ2v) is 9.04. The van der Waals surface area contributed by atoms with Gasteiger partial charge < -0.3 is 15.5 Å². The minimum atomic E-state index is 0.519. The van der Waals surface area contributed by atoms with Crippen LogP contribution in [0.25, 0.3) is 0 Å². The summed E-state index contributed by atoms with van der Waals surface area (Å²) in [6, 6.07) is 8.69. The first-order valence-electron chi connectivity index (χ1n) is 12.0. The van der Waals surface area contributed by atoms with E-state index in [0.717, 1.165) is 54.8 Å². The fraction of sp³-hybridized carbons (Fsp3) is 0.500. The van der Waals surface area contributed by atoms with Crippen LogP contribution in [0.4, 0.5) is 17.2 Å². The standard InChI is InChI=1S/C26H36N6/c1-5-8-22-16-32(24-10-7-6-9-23(22)24)26-25(20(4)29-17-30-26)31-19(3)18(2)28-15-21-11-13-27-14-12-21/h6-7,9-10,17,21-22,27-28H,2,5,8,11-16H2,1,3-4H3. The Balaban J connectivity index is 1.57. The molecule has 2 N–H and O–H groups in total. The number of nitrogens with zero attached hydrogens (tertiary/aromatic N) is 4. The third-order valence-electron chi connectivity index (χ3n) is 6.73. The monoisotopic (exact) mass is 432 g/mol. The van der Waals surface area contributed by atoms with Crippen LogP contribution in [0.2, 0.25) is 0 Å². The third kappa shape index (κ3) is 4.85. The SMILES string of the molecule is C=C(NCC1CCNCC1)C(C)=Nc1c(C)ncnc1N1CC(CCC)c2ccccc21. The zero-order chi connectivity index (χ0) is 22.5. The van der Waals surface area contributed by atoms with Gasteiger partial charge >= 0.3 is 0 Å². The van der Waals surface area contributed by atoms with Gasteiger partial charge in [0, 0.05) is 30.4 Å². The van der Waals surface area contributed by atoms with Gasteiger partial charge in [0.15, 0.2) is 5.82 Å². The fourth-order valence-electron chi connectivity index (χ4n) is 4.79. The number of fused-ring (bicyclic) bond motifs is 1. The Morgan fingerprint density at radius 2 is 2.03 bits per heavy atom. The van der Waals surface area contributed by atoms with Crippen molar-refractivity contribution in [3.63, 3.8) is 0 Å². The molecule has 32 heavy (non-hydrogen) atoms. The maximum atomic E-state index is 4.99. The maximum absolute atomic E-state index is 4.99. The Hall–Kier alpha value is -2.73. The maximum Gasteiger partial charge on any atom is 0.162 e. The number of hydrogen-bond donors (Lipinski definition) is 2. The number of benzene rings is 1. The van der Waals surface area contributed by atoms with Gasteiger partial charge in [-0.05, 0) is 63.7 Å². The van der Waals surface area contributed by atoms with Crippen molar-refractivity contribution in [3.05, 3.63) is 54.1 Å². The van der Waals surface area contributed by atoms with Gasteiger partial charge in [0.2, 0.25) is 0 Å². The summed E-state index contributed by atoms with van der Waals surface area (Å²) in [5.41, 5.74) is 6.13. The molecule has 3 heterocycles. The molecule has 2 aliphatic heterocycles. The number of anilines is 2. The van der Waals surface area contributed by atoms with Crippen molar-refractivity contribution in [2.24, 2.45) is 10.9 Å². The lowest BCUT2D eigenvalue weighted by Gasteiger charge is -2.24. The first-order chi connectivity index (χ1) is 15.6. The quantitative estimate of drug-likeness (QED) is 0.574. The van der Waals surface area contributed by atoms with Crippen molar-refractivity contribution in [3.8, 4) is 0 Å². The minimum Gasteiger partial charge on any atom is -0.384 e. The molecule has 4 rings (SSSR count). The van der Waals surface area contributed by atoms with Gasteiger partial charge in [0.25, 0.3) is 0 Å². The van der Waals surface area contributed by atoms with Crippen LogP contribution in [0.3, 0.4) is 0 Å². The number of rotatable bonds is 8. The molecular formula is C26H36N6. The molecule has 6 heteroatoms. The molecule has 1 unspecified atom stereocenters. The molecule has 6 nitrogen and oxygen atoms in total. The summed E-state index contributed by atoms with van der Waals surface area (Å²) in [6.07, 6.45) is 6.41.